The first kappa shape index (κ1) is 18.5. The second-order valence-corrected chi connectivity index (χ2v) is 8.55. The summed E-state index contributed by atoms with van der Waals surface area (Å²) in [6.45, 7) is 5.18. The molecule has 2 heterocycles. The Morgan fingerprint density at radius 3 is 2.63 bits per heavy atom. The number of piperazine rings is 1. The zero-order valence-corrected chi connectivity index (χ0v) is 17.1. The maximum Gasteiger partial charge on any atom is 0.194 e. The summed E-state index contributed by atoms with van der Waals surface area (Å²) in [6.07, 6.45) is 5.90. The minimum atomic E-state index is 0.709. The van der Waals surface area contributed by atoms with Gasteiger partial charge >= 0.3 is 0 Å². The highest BCUT2D eigenvalue weighted by Gasteiger charge is 2.42. The lowest BCUT2D eigenvalue weighted by Gasteiger charge is -2.41. The molecular weight excluding hydrogens is 336 g/mol. The summed E-state index contributed by atoms with van der Waals surface area (Å²) >= 11 is 0. The van der Waals surface area contributed by atoms with Gasteiger partial charge in [-0.1, -0.05) is 12.5 Å². The maximum absolute atomic E-state index is 4.69. The predicted molar refractivity (Wildman–Crippen MR) is 111 cm³/mol. The number of anilines is 1. The van der Waals surface area contributed by atoms with Crippen molar-refractivity contribution >= 4 is 11.8 Å². The van der Waals surface area contributed by atoms with Gasteiger partial charge in [-0.2, -0.15) is 0 Å². The topological polar surface area (TPSA) is 47.0 Å². The van der Waals surface area contributed by atoms with Crippen molar-refractivity contribution in [1.82, 2.24) is 20.1 Å². The Kier molecular flexibility index (Phi) is 5.53. The van der Waals surface area contributed by atoms with Crippen molar-refractivity contribution in [2.45, 2.75) is 38.3 Å². The number of fused-ring (bicyclic) bond motifs is 2. The van der Waals surface area contributed by atoms with Crippen LogP contribution >= 0.6 is 0 Å². The van der Waals surface area contributed by atoms with E-state index in [1.807, 2.05) is 32.1 Å². The van der Waals surface area contributed by atoms with Crippen LogP contribution in [-0.4, -0.2) is 74.1 Å². The van der Waals surface area contributed by atoms with Crippen LogP contribution in [0.15, 0.2) is 23.2 Å². The highest BCUT2D eigenvalue weighted by atomic mass is 15.4. The third kappa shape index (κ3) is 4.05. The monoisotopic (exact) mass is 370 g/mol. The van der Waals surface area contributed by atoms with Crippen molar-refractivity contribution in [2.75, 3.05) is 52.2 Å². The number of hydrogen-bond donors (Lipinski definition) is 1. The molecule has 2 saturated carbocycles. The number of nitrogens with one attached hydrogen (secondary N) is 1. The van der Waals surface area contributed by atoms with E-state index >= 15 is 0 Å². The molecule has 0 spiro atoms. The molecule has 6 heteroatoms. The van der Waals surface area contributed by atoms with Gasteiger partial charge in [0.1, 0.15) is 5.82 Å². The summed E-state index contributed by atoms with van der Waals surface area (Å²) in [7, 11) is 5.93. The van der Waals surface area contributed by atoms with Crippen molar-refractivity contribution in [3.63, 3.8) is 0 Å². The average Bonchev–Trinajstić information content (AvgIpc) is 3.33. The quantitative estimate of drug-likeness (QED) is 0.649. The molecule has 2 aliphatic carbocycles. The third-order valence-corrected chi connectivity index (χ3v) is 6.67. The zero-order chi connectivity index (χ0) is 18.8. The number of aromatic nitrogens is 1. The summed E-state index contributed by atoms with van der Waals surface area (Å²) in [6, 6.07) is 7.03. The highest BCUT2D eigenvalue weighted by Crippen LogP contribution is 2.46. The van der Waals surface area contributed by atoms with E-state index in [1.165, 1.54) is 38.8 Å². The van der Waals surface area contributed by atoms with E-state index in [1.54, 1.807) is 0 Å². The molecular formula is C21H34N6. The van der Waals surface area contributed by atoms with Crippen molar-refractivity contribution in [3.05, 3.63) is 23.9 Å². The minimum Gasteiger partial charge on any atom is -0.363 e. The van der Waals surface area contributed by atoms with E-state index in [0.29, 0.717) is 6.54 Å². The second-order valence-electron chi connectivity index (χ2n) is 8.55. The molecule has 1 aromatic rings. The number of nitrogens with zero attached hydrogens (tertiary/aromatic N) is 5. The van der Waals surface area contributed by atoms with Crippen molar-refractivity contribution in [2.24, 2.45) is 16.8 Å². The molecule has 4 rings (SSSR count). The largest absolute Gasteiger partial charge is 0.363 e. The number of guanidine groups is 1. The summed E-state index contributed by atoms with van der Waals surface area (Å²) in [5.74, 6) is 4.00. The van der Waals surface area contributed by atoms with Gasteiger partial charge in [-0.05, 0) is 43.2 Å². The molecule has 0 aromatic carbocycles. The summed E-state index contributed by atoms with van der Waals surface area (Å²) < 4.78 is 0. The van der Waals surface area contributed by atoms with Gasteiger partial charge < -0.3 is 15.1 Å². The summed E-state index contributed by atoms with van der Waals surface area (Å²) in [5.41, 5.74) is 1.04. The lowest BCUT2D eigenvalue weighted by Crippen LogP contribution is -2.55. The van der Waals surface area contributed by atoms with E-state index in [4.69, 9.17) is 4.98 Å². The molecule has 1 N–H and O–H groups in total. The molecule has 0 radical (unpaired) electrons. The van der Waals surface area contributed by atoms with Gasteiger partial charge in [0.05, 0.1) is 12.2 Å². The highest BCUT2D eigenvalue weighted by molar-refractivity contribution is 5.80. The van der Waals surface area contributed by atoms with Gasteiger partial charge in [-0.3, -0.25) is 9.89 Å². The molecule has 3 unspecified atom stereocenters. The van der Waals surface area contributed by atoms with Crippen LogP contribution in [0.2, 0.25) is 0 Å². The fourth-order valence-electron chi connectivity index (χ4n) is 5.24. The van der Waals surface area contributed by atoms with Crippen LogP contribution in [0.25, 0.3) is 0 Å². The van der Waals surface area contributed by atoms with Gasteiger partial charge in [-0.25, -0.2) is 4.98 Å². The first-order valence-corrected chi connectivity index (χ1v) is 10.5. The molecule has 1 aromatic heterocycles. The number of hydrogen-bond acceptors (Lipinski definition) is 4. The maximum atomic E-state index is 4.69. The summed E-state index contributed by atoms with van der Waals surface area (Å²) in [4.78, 5) is 16.4. The smallest absolute Gasteiger partial charge is 0.194 e. The summed E-state index contributed by atoms with van der Waals surface area (Å²) in [5, 5.41) is 3.51. The SMILES string of the molecule is CN=C(NCc1cccc(N(C)C)n1)N1CCN(C2CC3CCC2C3)CC1. The standard InChI is InChI=1S/C21H34N6/c1-22-21(23-15-18-5-4-6-20(24-18)25(2)3)27-11-9-26(10-12-27)19-14-16-7-8-17(19)13-16/h4-6,16-17,19H,7-15H2,1-3H3,(H,22,23). The molecule has 3 atom stereocenters. The second kappa shape index (κ2) is 8.05. The first-order valence-electron chi connectivity index (χ1n) is 10.5. The Labute approximate surface area is 163 Å². The van der Waals surface area contributed by atoms with Crippen LogP contribution in [0.4, 0.5) is 5.82 Å². The van der Waals surface area contributed by atoms with Crippen molar-refractivity contribution < 1.29 is 0 Å². The molecule has 6 nitrogen and oxygen atoms in total. The Balaban J connectivity index is 1.28. The van der Waals surface area contributed by atoms with Crippen molar-refractivity contribution in [1.29, 1.82) is 0 Å². The molecule has 3 aliphatic rings. The van der Waals surface area contributed by atoms with Crippen LogP contribution in [-0.2, 0) is 6.54 Å². The Morgan fingerprint density at radius 2 is 2.00 bits per heavy atom. The minimum absolute atomic E-state index is 0.709. The van der Waals surface area contributed by atoms with Gasteiger partial charge in [0.25, 0.3) is 0 Å². The molecule has 2 bridgehead atoms. The van der Waals surface area contributed by atoms with Crippen LogP contribution in [0, 0.1) is 11.8 Å². The molecule has 0 amide bonds. The fraction of sp³-hybridized carbons (Fsp3) is 0.714. The normalized spacial score (nSPS) is 28.6. The Hall–Kier alpha value is -1.82. The van der Waals surface area contributed by atoms with Gasteiger partial charge in [0.15, 0.2) is 5.96 Å². The van der Waals surface area contributed by atoms with Crippen LogP contribution in [0.1, 0.15) is 31.4 Å². The first-order chi connectivity index (χ1) is 13.1. The third-order valence-electron chi connectivity index (χ3n) is 6.67. The van der Waals surface area contributed by atoms with E-state index in [9.17, 15) is 0 Å². The van der Waals surface area contributed by atoms with E-state index < -0.39 is 0 Å². The van der Waals surface area contributed by atoms with Crippen molar-refractivity contribution in [3.8, 4) is 0 Å². The van der Waals surface area contributed by atoms with Crippen LogP contribution in [0.5, 0.6) is 0 Å². The Bertz CT molecular complexity index is 664. The van der Waals surface area contributed by atoms with E-state index in [2.05, 4.69) is 32.2 Å². The number of pyridine rings is 1. The molecule has 1 aliphatic heterocycles. The predicted octanol–water partition coefficient (Wildman–Crippen LogP) is 2.03. The molecule has 27 heavy (non-hydrogen) atoms. The van der Waals surface area contributed by atoms with Crippen LogP contribution < -0.4 is 10.2 Å². The Morgan fingerprint density at radius 1 is 1.19 bits per heavy atom. The average molecular weight is 371 g/mol. The van der Waals surface area contributed by atoms with Gasteiger partial charge in [0.2, 0.25) is 0 Å². The van der Waals surface area contributed by atoms with Gasteiger partial charge in [0, 0.05) is 53.4 Å². The lowest BCUT2D eigenvalue weighted by molar-refractivity contribution is 0.0958. The van der Waals surface area contributed by atoms with Gasteiger partial charge in [-0.15, -0.1) is 0 Å². The number of rotatable bonds is 4. The lowest BCUT2D eigenvalue weighted by atomic mass is 9.93. The van der Waals surface area contributed by atoms with Crippen LogP contribution in [0.3, 0.4) is 0 Å². The molecule has 148 valence electrons. The van der Waals surface area contributed by atoms with E-state index in [0.717, 1.165) is 48.4 Å². The molecule has 3 fully saturated rings. The fourth-order valence-corrected chi connectivity index (χ4v) is 5.24. The number of aliphatic imine (C=N–C) groups is 1. The zero-order valence-electron chi connectivity index (χ0n) is 17.1. The molecule has 1 saturated heterocycles. The van der Waals surface area contributed by atoms with E-state index in [-0.39, 0.29) is 0 Å².